The maximum atomic E-state index is 12.6. The summed E-state index contributed by atoms with van der Waals surface area (Å²) in [5.41, 5.74) is 4.45. The summed E-state index contributed by atoms with van der Waals surface area (Å²) in [6.45, 7) is 2.36. The highest BCUT2D eigenvalue weighted by Crippen LogP contribution is 2.52. The predicted octanol–water partition coefficient (Wildman–Crippen LogP) is 5.50. The summed E-state index contributed by atoms with van der Waals surface area (Å²) in [6, 6.07) is 24.8. The van der Waals surface area contributed by atoms with E-state index in [2.05, 4.69) is 52.3 Å². The van der Waals surface area contributed by atoms with Gasteiger partial charge in [0.25, 0.3) is 0 Å². The summed E-state index contributed by atoms with van der Waals surface area (Å²) in [7, 11) is 1.70. The Morgan fingerprint density at radius 1 is 1.03 bits per heavy atom. The minimum Gasteiger partial charge on any atom is -0.497 e. The van der Waals surface area contributed by atoms with Gasteiger partial charge in [-0.3, -0.25) is 4.90 Å². The Bertz CT molecular complexity index is 1350. The van der Waals surface area contributed by atoms with E-state index < -0.39 is 11.0 Å². The number of aromatic nitrogens is 1. The van der Waals surface area contributed by atoms with E-state index in [1.807, 2.05) is 30.3 Å². The van der Waals surface area contributed by atoms with E-state index >= 15 is 0 Å². The van der Waals surface area contributed by atoms with Crippen LogP contribution in [-0.4, -0.2) is 40.8 Å². The number of piperidine rings is 1. The maximum absolute atomic E-state index is 12.6. The monoisotopic (exact) mass is 472 g/mol. The lowest BCUT2D eigenvalue weighted by atomic mass is 9.56. The van der Waals surface area contributed by atoms with Gasteiger partial charge in [0, 0.05) is 47.9 Å². The number of fused-ring (bicyclic) bond motifs is 4. The molecule has 0 saturated carbocycles. The van der Waals surface area contributed by atoms with Crippen molar-refractivity contribution in [2.75, 3.05) is 20.2 Å². The van der Waals surface area contributed by atoms with E-state index in [0.717, 1.165) is 58.7 Å². The first-order valence-corrected chi connectivity index (χ1v) is 12.3. The van der Waals surface area contributed by atoms with Crippen molar-refractivity contribution >= 4 is 22.5 Å². The molecule has 0 amide bonds. The molecule has 2 atom stereocenters. The lowest BCUT2D eigenvalue weighted by molar-refractivity contribution is -0.105. The van der Waals surface area contributed by atoms with E-state index in [1.165, 1.54) is 11.3 Å². The van der Waals surface area contributed by atoms with Crippen molar-refractivity contribution < 1.29 is 9.84 Å². The van der Waals surface area contributed by atoms with E-state index in [-0.39, 0.29) is 0 Å². The number of nitrogens with zero attached hydrogens (tertiary/aromatic N) is 1. The average molecular weight is 473 g/mol. The highest BCUT2D eigenvalue weighted by Gasteiger charge is 2.57. The zero-order valence-electron chi connectivity index (χ0n) is 19.4. The summed E-state index contributed by atoms with van der Waals surface area (Å²) in [5.74, 6) is 0.825. The SMILES string of the molecule is COc1cccc(C23CCN(Cc4ccccc4)CC2(O)Cc2c([nH]c4cccc(Cl)c24)C3)c1. The number of hydrogen-bond acceptors (Lipinski definition) is 3. The van der Waals surface area contributed by atoms with Crippen LogP contribution in [0.1, 0.15) is 28.8 Å². The number of aromatic amines is 1. The Balaban J connectivity index is 1.47. The van der Waals surface area contributed by atoms with Crippen LogP contribution < -0.4 is 4.74 Å². The Morgan fingerprint density at radius 3 is 2.68 bits per heavy atom. The van der Waals surface area contributed by atoms with Gasteiger partial charge in [0.15, 0.2) is 0 Å². The Hall–Kier alpha value is -2.79. The van der Waals surface area contributed by atoms with Crippen LogP contribution in [0.3, 0.4) is 0 Å². The first kappa shape index (κ1) is 21.7. The fourth-order valence-electron chi connectivity index (χ4n) is 6.34. The molecule has 1 fully saturated rings. The number of ether oxygens (including phenoxy) is 1. The first-order chi connectivity index (χ1) is 16.5. The lowest BCUT2D eigenvalue weighted by Gasteiger charge is -2.56. The number of hydrogen-bond donors (Lipinski definition) is 2. The molecular formula is C29H29ClN2O2. The van der Waals surface area contributed by atoms with Gasteiger partial charge in [-0.2, -0.15) is 0 Å². The molecule has 1 saturated heterocycles. The van der Waals surface area contributed by atoms with Gasteiger partial charge in [-0.15, -0.1) is 0 Å². The maximum Gasteiger partial charge on any atom is 0.119 e. The van der Waals surface area contributed by atoms with Crippen LogP contribution in [0.25, 0.3) is 10.9 Å². The third-order valence-corrected chi connectivity index (χ3v) is 8.33. The van der Waals surface area contributed by atoms with Crippen molar-refractivity contribution in [3.8, 4) is 5.75 Å². The quantitative estimate of drug-likeness (QED) is 0.412. The van der Waals surface area contributed by atoms with E-state index in [1.54, 1.807) is 7.11 Å². The molecule has 5 heteroatoms. The third kappa shape index (κ3) is 3.36. The number of likely N-dealkylation sites (tertiary alicyclic amines) is 1. The second-order valence-corrected chi connectivity index (χ2v) is 10.3. The minimum absolute atomic E-state index is 0.408. The van der Waals surface area contributed by atoms with Crippen LogP contribution >= 0.6 is 11.6 Å². The molecule has 1 aromatic heterocycles. The van der Waals surface area contributed by atoms with Crippen LogP contribution in [0.4, 0.5) is 0 Å². The predicted molar refractivity (Wildman–Crippen MR) is 137 cm³/mol. The average Bonchev–Trinajstić information content (AvgIpc) is 3.20. The number of rotatable bonds is 4. The molecular weight excluding hydrogens is 444 g/mol. The number of halogens is 1. The molecule has 34 heavy (non-hydrogen) atoms. The molecule has 2 unspecified atom stereocenters. The molecule has 4 nitrogen and oxygen atoms in total. The molecule has 3 aromatic carbocycles. The zero-order chi connectivity index (χ0) is 23.3. The van der Waals surface area contributed by atoms with Crippen molar-refractivity contribution in [1.29, 1.82) is 0 Å². The normalized spacial score (nSPS) is 24.6. The topological polar surface area (TPSA) is 48.5 Å². The van der Waals surface area contributed by atoms with Gasteiger partial charge in [0.2, 0.25) is 0 Å². The van der Waals surface area contributed by atoms with Gasteiger partial charge in [0.05, 0.1) is 17.7 Å². The number of β-amino-alcohol motifs (C(OH)–C–C–N with tert-alkyl or cyclic N) is 1. The summed E-state index contributed by atoms with van der Waals surface area (Å²) >= 11 is 6.65. The van der Waals surface area contributed by atoms with Crippen LogP contribution in [0.2, 0.25) is 5.02 Å². The van der Waals surface area contributed by atoms with Crippen LogP contribution in [0.15, 0.2) is 72.8 Å². The van der Waals surface area contributed by atoms with E-state index in [9.17, 15) is 5.11 Å². The zero-order valence-corrected chi connectivity index (χ0v) is 20.1. The molecule has 2 N–H and O–H groups in total. The molecule has 0 radical (unpaired) electrons. The van der Waals surface area contributed by atoms with Crippen LogP contribution in [0, 0.1) is 0 Å². The molecule has 1 aliphatic carbocycles. The van der Waals surface area contributed by atoms with Gasteiger partial charge < -0.3 is 14.8 Å². The summed E-state index contributed by atoms with van der Waals surface area (Å²) in [6.07, 6.45) is 2.18. The molecule has 0 spiro atoms. The standard InChI is InChI=1S/C29H29ClN2O2/c1-34-22-10-5-9-21(15-22)28-13-14-32(18-20-7-3-2-4-8-20)19-29(28,33)16-23-26(17-28)31-25-12-6-11-24(30)27(23)25/h2-12,15,31,33H,13-14,16-19H2,1H3. The number of methoxy groups -OCH3 is 1. The number of H-pyrrole nitrogens is 1. The third-order valence-electron chi connectivity index (χ3n) is 8.02. The molecule has 1 aliphatic heterocycles. The second kappa shape index (κ2) is 8.16. The summed E-state index contributed by atoms with van der Waals surface area (Å²) < 4.78 is 5.57. The minimum atomic E-state index is -0.937. The van der Waals surface area contributed by atoms with Gasteiger partial charge in [-0.1, -0.05) is 60.1 Å². The fraction of sp³-hybridized carbons (Fsp3) is 0.310. The van der Waals surface area contributed by atoms with Crippen molar-refractivity contribution in [3.05, 3.63) is 100 Å². The highest BCUT2D eigenvalue weighted by atomic mass is 35.5. The van der Waals surface area contributed by atoms with Crippen molar-refractivity contribution in [1.82, 2.24) is 9.88 Å². The fourth-order valence-corrected chi connectivity index (χ4v) is 6.63. The molecule has 6 rings (SSSR count). The Kier molecular flexibility index (Phi) is 5.21. The van der Waals surface area contributed by atoms with Gasteiger partial charge in [0.1, 0.15) is 5.75 Å². The van der Waals surface area contributed by atoms with E-state index in [4.69, 9.17) is 16.3 Å². The number of nitrogens with one attached hydrogen (secondary N) is 1. The van der Waals surface area contributed by atoms with Crippen molar-refractivity contribution in [3.63, 3.8) is 0 Å². The first-order valence-electron chi connectivity index (χ1n) is 11.9. The van der Waals surface area contributed by atoms with Crippen LogP contribution in [-0.2, 0) is 24.8 Å². The second-order valence-electron chi connectivity index (χ2n) is 9.89. The van der Waals surface area contributed by atoms with Crippen LogP contribution in [0.5, 0.6) is 5.75 Å². The summed E-state index contributed by atoms with van der Waals surface area (Å²) in [4.78, 5) is 6.04. The van der Waals surface area contributed by atoms with Crippen molar-refractivity contribution in [2.45, 2.75) is 36.8 Å². The molecule has 2 aliphatic rings. The largest absolute Gasteiger partial charge is 0.497 e. The van der Waals surface area contributed by atoms with Crippen molar-refractivity contribution in [2.24, 2.45) is 0 Å². The number of aliphatic hydroxyl groups is 1. The molecule has 0 bridgehead atoms. The van der Waals surface area contributed by atoms with Gasteiger partial charge >= 0.3 is 0 Å². The lowest BCUT2D eigenvalue weighted by Crippen LogP contribution is -2.66. The Labute approximate surface area is 205 Å². The molecule has 2 heterocycles. The van der Waals surface area contributed by atoms with Gasteiger partial charge in [-0.05, 0) is 53.9 Å². The molecule has 4 aromatic rings. The smallest absolute Gasteiger partial charge is 0.119 e. The van der Waals surface area contributed by atoms with Gasteiger partial charge in [-0.25, -0.2) is 0 Å². The van der Waals surface area contributed by atoms with E-state index in [0.29, 0.717) is 13.0 Å². The molecule has 174 valence electrons. The Morgan fingerprint density at radius 2 is 1.85 bits per heavy atom. The summed E-state index contributed by atoms with van der Waals surface area (Å²) in [5, 5.41) is 14.4. The number of benzene rings is 3. The highest BCUT2D eigenvalue weighted by molar-refractivity contribution is 6.35.